The maximum Gasteiger partial charge on any atom is 0.243 e. The van der Waals surface area contributed by atoms with E-state index >= 15 is 0 Å². The van der Waals surface area contributed by atoms with Gasteiger partial charge >= 0.3 is 0 Å². The molecule has 1 heterocycles. The van der Waals surface area contributed by atoms with Gasteiger partial charge in [-0.15, -0.1) is 10.2 Å². The van der Waals surface area contributed by atoms with Crippen molar-refractivity contribution in [3.8, 4) is 0 Å². The predicted octanol–water partition coefficient (Wildman–Crippen LogP) is 0.915. The quantitative estimate of drug-likeness (QED) is 0.867. The largest absolute Gasteiger partial charge is 0.345 e. The molecule has 0 aliphatic rings. The highest BCUT2D eigenvalue weighted by Crippen LogP contribution is 2.08. The molecule has 1 N–H and O–H groups in total. The van der Waals surface area contributed by atoms with E-state index in [-0.39, 0.29) is 12.5 Å². The molecule has 0 saturated carbocycles. The van der Waals surface area contributed by atoms with Gasteiger partial charge in [-0.25, -0.2) is 4.98 Å². The first-order valence-electron chi connectivity index (χ1n) is 5.78. The lowest BCUT2D eigenvalue weighted by atomic mass is 10.3. The lowest BCUT2D eigenvalue weighted by molar-refractivity contribution is -0.127. The Kier molecular flexibility index (Phi) is 3.66. The van der Waals surface area contributed by atoms with Gasteiger partial charge in [0.05, 0.1) is 12.1 Å². The Morgan fingerprint density at radius 3 is 2.72 bits per heavy atom. The van der Waals surface area contributed by atoms with Crippen LogP contribution in [0.5, 0.6) is 0 Å². The van der Waals surface area contributed by atoms with E-state index in [4.69, 9.17) is 0 Å². The molecule has 0 saturated heterocycles. The lowest BCUT2D eigenvalue weighted by Gasteiger charge is -2.14. The van der Waals surface area contributed by atoms with Crippen molar-refractivity contribution in [2.45, 2.75) is 6.92 Å². The molecule has 94 valence electrons. The third kappa shape index (κ3) is 2.71. The fourth-order valence-corrected chi connectivity index (χ4v) is 1.42. The van der Waals surface area contributed by atoms with Gasteiger partial charge in [0.2, 0.25) is 11.9 Å². The number of aromatic nitrogens is 3. The average molecular weight is 245 g/mol. The number of hydrogen-bond donors (Lipinski definition) is 1. The first kappa shape index (κ1) is 12.2. The fourth-order valence-electron chi connectivity index (χ4n) is 1.42. The third-order valence-electron chi connectivity index (χ3n) is 2.66. The van der Waals surface area contributed by atoms with E-state index in [1.54, 1.807) is 11.9 Å². The summed E-state index contributed by atoms with van der Waals surface area (Å²) in [5, 5.41) is 10.8. The smallest absolute Gasteiger partial charge is 0.243 e. The molecule has 6 heteroatoms. The van der Waals surface area contributed by atoms with Gasteiger partial charge in [-0.05, 0) is 19.1 Å². The van der Waals surface area contributed by atoms with Crippen molar-refractivity contribution in [2.24, 2.45) is 0 Å². The Morgan fingerprint density at radius 2 is 2.00 bits per heavy atom. The average Bonchev–Trinajstić information content (AvgIpc) is 2.43. The first-order chi connectivity index (χ1) is 8.70. The highest BCUT2D eigenvalue weighted by atomic mass is 16.2. The molecule has 1 aromatic carbocycles. The third-order valence-corrected chi connectivity index (χ3v) is 2.66. The zero-order chi connectivity index (χ0) is 13.0. The minimum absolute atomic E-state index is 0.00532. The van der Waals surface area contributed by atoms with Crippen LogP contribution in [0, 0.1) is 0 Å². The summed E-state index contributed by atoms with van der Waals surface area (Å²) in [5.41, 5.74) is 1.49. The monoisotopic (exact) mass is 245 g/mol. The lowest BCUT2D eigenvalue weighted by Crippen LogP contribution is -2.32. The van der Waals surface area contributed by atoms with E-state index in [0.717, 1.165) is 11.0 Å². The fraction of sp³-hybridized carbons (Fsp3) is 0.333. The second-order valence-corrected chi connectivity index (χ2v) is 3.89. The normalized spacial score (nSPS) is 10.3. The number of carbonyl (C=O) groups is 1. The standard InChI is InChI=1S/C12H15N5O/c1-3-17(2)11(18)8-13-12-14-9-6-4-5-7-10(9)15-16-12/h4-7H,3,8H2,1-2H3,(H,13,14,16). The number of anilines is 1. The highest BCUT2D eigenvalue weighted by Gasteiger charge is 2.07. The summed E-state index contributed by atoms with van der Waals surface area (Å²) in [4.78, 5) is 17.5. The summed E-state index contributed by atoms with van der Waals surface area (Å²) in [7, 11) is 1.75. The molecular weight excluding hydrogens is 230 g/mol. The second-order valence-electron chi connectivity index (χ2n) is 3.89. The SMILES string of the molecule is CCN(C)C(=O)CNc1nnc2ccccc2n1. The summed E-state index contributed by atoms with van der Waals surface area (Å²) in [6, 6.07) is 7.46. The number of amides is 1. The summed E-state index contributed by atoms with van der Waals surface area (Å²) in [6.07, 6.45) is 0. The number of benzene rings is 1. The van der Waals surface area contributed by atoms with E-state index in [0.29, 0.717) is 12.5 Å². The second kappa shape index (κ2) is 5.39. The molecule has 0 radical (unpaired) electrons. The van der Waals surface area contributed by atoms with Crippen molar-refractivity contribution < 1.29 is 4.79 Å². The maximum atomic E-state index is 11.6. The molecule has 18 heavy (non-hydrogen) atoms. The van der Waals surface area contributed by atoms with Crippen molar-refractivity contribution in [1.29, 1.82) is 0 Å². The van der Waals surface area contributed by atoms with Crippen LogP contribution in [0.3, 0.4) is 0 Å². The molecule has 0 atom stereocenters. The van der Waals surface area contributed by atoms with Crippen LogP contribution in [0.2, 0.25) is 0 Å². The molecule has 2 aromatic rings. The van der Waals surface area contributed by atoms with Gasteiger partial charge in [-0.2, -0.15) is 0 Å². The van der Waals surface area contributed by atoms with E-state index < -0.39 is 0 Å². The molecule has 6 nitrogen and oxygen atoms in total. The van der Waals surface area contributed by atoms with Crippen LogP contribution in [0.15, 0.2) is 24.3 Å². The molecule has 0 aliphatic carbocycles. The maximum absolute atomic E-state index is 11.6. The molecule has 0 bridgehead atoms. The van der Waals surface area contributed by atoms with E-state index in [9.17, 15) is 4.79 Å². The highest BCUT2D eigenvalue weighted by molar-refractivity contribution is 5.80. The van der Waals surface area contributed by atoms with Gasteiger partial charge in [0.25, 0.3) is 0 Å². The summed E-state index contributed by atoms with van der Waals surface area (Å²) in [6.45, 7) is 2.77. The van der Waals surface area contributed by atoms with Crippen molar-refractivity contribution in [3.63, 3.8) is 0 Å². The van der Waals surface area contributed by atoms with E-state index in [1.165, 1.54) is 0 Å². The van der Waals surface area contributed by atoms with Crippen molar-refractivity contribution in [2.75, 3.05) is 25.5 Å². The molecule has 2 rings (SSSR count). The minimum atomic E-state index is -0.00532. The van der Waals surface area contributed by atoms with Crippen LogP contribution in [0.4, 0.5) is 5.95 Å². The van der Waals surface area contributed by atoms with E-state index in [1.807, 2.05) is 31.2 Å². The molecule has 0 fully saturated rings. The number of hydrogen-bond acceptors (Lipinski definition) is 5. The molecule has 0 unspecified atom stereocenters. The van der Waals surface area contributed by atoms with Crippen LogP contribution >= 0.6 is 0 Å². The predicted molar refractivity (Wildman–Crippen MR) is 69.1 cm³/mol. The van der Waals surface area contributed by atoms with Gasteiger partial charge in [-0.1, -0.05) is 12.1 Å². The molecule has 1 amide bonds. The van der Waals surface area contributed by atoms with Gasteiger partial charge in [0.1, 0.15) is 5.52 Å². The molecular formula is C12H15N5O. The number of para-hydroxylation sites is 1. The van der Waals surface area contributed by atoms with Crippen molar-refractivity contribution in [3.05, 3.63) is 24.3 Å². The van der Waals surface area contributed by atoms with Gasteiger partial charge in [0, 0.05) is 13.6 Å². The van der Waals surface area contributed by atoms with Crippen molar-refractivity contribution >= 4 is 22.9 Å². The first-order valence-corrected chi connectivity index (χ1v) is 5.78. The summed E-state index contributed by atoms with van der Waals surface area (Å²) >= 11 is 0. The zero-order valence-electron chi connectivity index (χ0n) is 10.4. The van der Waals surface area contributed by atoms with Crippen LogP contribution in [0.25, 0.3) is 11.0 Å². The number of carbonyl (C=O) groups excluding carboxylic acids is 1. The Bertz CT molecular complexity index is 557. The topological polar surface area (TPSA) is 71.0 Å². The Hall–Kier alpha value is -2.24. The number of likely N-dealkylation sites (N-methyl/N-ethyl adjacent to an activating group) is 1. The number of nitrogens with zero attached hydrogens (tertiary/aromatic N) is 4. The summed E-state index contributed by atoms with van der Waals surface area (Å²) < 4.78 is 0. The van der Waals surface area contributed by atoms with Crippen LogP contribution in [0.1, 0.15) is 6.92 Å². The van der Waals surface area contributed by atoms with Gasteiger partial charge < -0.3 is 10.2 Å². The molecule has 1 aromatic heterocycles. The molecule has 0 aliphatic heterocycles. The van der Waals surface area contributed by atoms with Crippen LogP contribution < -0.4 is 5.32 Å². The van der Waals surface area contributed by atoms with Crippen LogP contribution in [-0.4, -0.2) is 46.1 Å². The van der Waals surface area contributed by atoms with E-state index in [2.05, 4.69) is 20.5 Å². The van der Waals surface area contributed by atoms with Crippen molar-refractivity contribution in [1.82, 2.24) is 20.1 Å². The summed E-state index contributed by atoms with van der Waals surface area (Å²) in [5.74, 6) is 0.362. The van der Waals surface area contributed by atoms with Gasteiger partial charge in [0.15, 0.2) is 0 Å². The van der Waals surface area contributed by atoms with Crippen LogP contribution in [-0.2, 0) is 4.79 Å². The molecule has 0 spiro atoms. The Morgan fingerprint density at radius 1 is 1.28 bits per heavy atom. The van der Waals surface area contributed by atoms with Gasteiger partial charge in [-0.3, -0.25) is 4.79 Å². The zero-order valence-corrected chi connectivity index (χ0v) is 10.4. The Labute approximate surface area is 105 Å². The Balaban J connectivity index is 2.06. The number of fused-ring (bicyclic) bond motifs is 1. The minimum Gasteiger partial charge on any atom is -0.345 e. The number of nitrogens with one attached hydrogen (secondary N) is 1. The number of rotatable bonds is 4.